The van der Waals surface area contributed by atoms with Crippen molar-refractivity contribution in [1.82, 2.24) is 0 Å². The lowest BCUT2D eigenvalue weighted by atomic mass is 10.1. The highest BCUT2D eigenvalue weighted by Crippen LogP contribution is 2.38. The summed E-state index contributed by atoms with van der Waals surface area (Å²) in [6.45, 7) is 4.81. The molecule has 0 unspecified atom stereocenters. The molecule has 0 radical (unpaired) electrons. The van der Waals surface area contributed by atoms with Crippen molar-refractivity contribution in [3.05, 3.63) is 17.7 Å². The molecule has 19 heavy (non-hydrogen) atoms. The molecule has 0 bridgehead atoms. The third-order valence-corrected chi connectivity index (χ3v) is 3.32. The van der Waals surface area contributed by atoms with Gasteiger partial charge in [0, 0.05) is 0 Å². The van der Waals surface area contributed by atoms with Crippen molar-refractivity contribution >= 4 is 0 Å². The van der Waals surface area contributed by atoms with Gasteiger partial charge in [-0.15, -0.1) is 0 Å². The molecule has 0 aliphatic heterocycles. The van der Waals surface area contributed by atoms with E-state index in [2.05, 4.69) is 6.92 Å². The molecule has 1 aromatic carbocycles. The van der Waals surface area contributed by atoms with Crippen LogP contribution in [-0.4, -0.2) is 16.8 Å². The van der Waals surface area contributed by atoms with Crippen LogP contribution in [0.2, 0.25) is 0 Å². The second-order valence-electron chi connectivity index (χ2n) is 4.89. The molecule has 108 valence electrons. The van der Waals surface area contributed by atoms with E-state index < -0.39 is 0 Å². The van der Waals surface area contributed by atoms with Crippen LogP contribution in [0.25, 0.3) is 0 Å². The molecule has 0 aliphatic rings. The summed E-state index contributed by atoms with van der Waals surface area (Å²) in [5.74, 6) is 0.191. The Bertz CT molecular complexity index is 375. The average molecular weight is 266 g/mol. The van der Waals surface area contributed by atoms with Gasteiger partial charge in [0.1, 0.15) is 0 Å². The topological polar surface area (TPSA) is 49.7 Å². The summed E-state index contributed by atoms with van der Waals surface area (Å²) >= 11 is 0. The zero-order valence-electron chi connectivity index (χ0n) is 12.1. The Hall–Kier alpha value is -1.38. The second kappa shape index (κ2) is 8.68. The molecule has 0 heterocycles. The van der Waals surface area contributed by atoms with Gasteiger partial charge in [0.2, 0.25) is 5.75 Å². The maximum absolute atomic E-state index is 9.81. The van der Waals surface area contributed by atoms with Crippen molar-refractivity contribution in [2.45, 2.75) is 58.8 Å². The van der Waals surface area contributed by atoms with Crippen molar-refractivity contribution in [1.29, 1.82) is 0 Å². The van der Waals surface area contributed by atoms with E-state index in [0.717, 1.165) is 24.8 Å². The quantitative estimate of drug-likeness (QED) is 0.514. The third-order valence-electron chi connectivity index (χ3n) is 3.32. The van der Waals surface area contributed by atoms with Crippen LogP contribution in [0, 0.1) is 0 Å². The van der Waals surface area contributed by atoms with E-state index in [1.807, 2.05) is 6.92 Å². The van der Waals surface area contributed by atoms with Gasteiger partial charge in [0.15, 0.2) is 11.5 Å². The maximum Gasteiger partial charge on any atom is 0.200 e. The fourth-order valence-corrected chi connectivity index (χ4v) is 2.10. The van der Waals surface area contributed by atoms with Gasteiger partial charge in [0.05, 0.1) is 6.61 Å². The number of aromatic hydroxyl groups is 2. The molecule has 0 saturated heterocycles. The number of ether oxygens (including phenoxy) is 1. The Morgan fingerprint density at radius 1 is 0.947 bits per heavy atom. The summed E-state index contributed by atoms with van der Waals surface area (Å²) < 4.78 is 5.64. The van der Waals surface area contributed by atoms with Crippen molar-refractivity contribution in [3.8, 4) is 17.2 Å². The molecular weight excluding hydrogens is 240 g/mol. The summed E-state index contributed by atoms with van der Waals surface area (Å²) in [6, 6.07) is 3.30. The van der Waals surface area contributed by atoms with Crippen molar-refractivity contribution in [3.63, 3.8) is 0 Å². The molecule has 0 spiro atoms. The molecule has 0 saturated carbocycles. The van der Waals surface area contributed by atoms with Gasteiger partial charge in [0.25, 0.3) is 0 Å². The minimum Gasteiger partial charge on any atom is -0.504 e. The number of unbranched alkanes of at least 4 members (excludes halogenated alkanes) is 5. The fourth-order valence-electron chi connectivity index (χ4n) is 2.10. The Kier molecular flexibility index (Phi) is 7.16. The molecule has 0 amide bonds. The predicted octanol–water partition coefficient (Wildman–Crippen LogP) is 4.40. The molecule has 3 heteroatoms. The van der Waals surface area contributed by atoms with Crippen LogP contribution in [-0.2, 0) is 6.42 Å². The molecule has 0 aliphatic carbocycles. The largest absolute Gasteiger partial charge is 0.504 e. The Morgan fingerprint density at radius 3 is 2.32 bits per heavy atom. The van der Waals surface area contributed by atoms with Crippen LogP contribution in [0.15, 0.2) is 12.1 Å². The van der Waals surface area contributed by atoms with Gasteiger partial charge in [-0.2, -0.15) is 0 Å². The molecule has 1 rings (SSSR count). The number of phenolic OH excluding ortho intramolecular Hbond substituents is 2. The summed E-state index contributed by atoms with van der Waals surface area (Å²) in [5, 5.41) is 19.3. The maximum atomic E-state index is 9.81. The lowest BCUT2D eigenvalue weighted by Gasteiger charge is -2.13. The summed E-state index contributed by atoms with van der Waals surface area (Å²) in [4.78, 5) is 0. The van der Waals surface area contributed by atoms with E-state index in [1.165, 1.54) is 31.7 Å². The van der Waals surface area contributed by atoms with Crippen LogP contribution in [0.3, 0.4) is 0 Å². The van der Waals surface area contributed by atoms with Gasteiger partial charge in [-0.05, 0) is 24.5 Å². The first-order valence-electron chi connectivity index (χ1n) is 7.37. The van der Waals surface area contributed by atoms with E-state index in [-0.39, 0.29) is 11.5 Å². The standard InChI is InChI=1S/C16H26O3/c1-3-5-6-7-8-9-12-19-16-13(4-2)10-11-14(17)15(16)18/h10-11,17-18H,3-9,12H2,1-2H3. The first-order chi connectivity index (χ1) is 9.20. The number of hydrogen-bond donors (Lipinski definition) is 2. The number of aryl methyl sites for hydroxylation is 1. The summed E-state index contributed by atoms with van der Waals surface area (Å²) in [7, 11) is 0. The highest BCUT2D eigenvalue weighted by atomic mass is 16.5. The van der Waals surface area contributed by atoms with Crippen LogP contribution < -0.4 is 4.74 Å². The van der Waals surface area contributed by atoms with Crippen LogP contribution >= 0.6 is 0 Å². The van der Waals surface area contributed by atoms with Crippen molar-refractivity contribution in [2.75, 3.05) is 6.61 Å². The first kappa shape index (κ1) is 15.7. The Balaban J connectivity index is 2.38. The summed E-state index contributed by atoms with van der Waals surface area (Å²) in [6.07, 6.45) is 8.00. The van der Waals surface area contributed by atoms with Gasteiger partial charge < -0.3 is 14.9 Å². The molecule has 2 N–H and O–H groups in total. The third kappa shape index (κ3) is 5.01. The minimum atomic E-state index is -0.134. The smallest absolute Gasteiger partial charge is 0.200 e. The SMILES string of the molecule is CCCCCCCCOc1c(CC)ccc(O)c1O. The van der Waals surface area contributed by atoms with E-state index in [4.69, 9.17) is 4.74 Å². The number of rotatable bonds is 9. The molecule has 0 atom stereocenters. The van der Waals surface area contributed by atoms with Gasteiger partial charge in [-0.1, -0.05) is 52.0 Å². The van der Waals surface area contributed by atoms with E-state index in [0.29, 0.717) is 12.4 Å². The van der Waals surface area contributed by atoms with Gasteiger partial charge in [-0.3, -0.25) is 0 Å². The molecule has 3 nitrogen and oxygen atoms in total. The van der Waals surface area contributed by atoms with Crippen LogP contribution in [0.4, 0.5) is 0 Å². The van der Waals surface area contributed by atoms with Crippen molar-refractivity contribution in [2.24, 2.45) is 0 Å². The van der Waals surface area contributed by atoms with Crippen molar-refractivity contribution < 1.29 is 14.9 Å². The lowest BCUT2D eigenvalue weighted by molar-refractivity contribution is 0.280. The minimum absolute atomic E-state index is 0.116. The van der Waals surface area contributed by atoms with Crippen LogP contribution in [0.1, 0.15) is 57.9 Å². The van der Waals surface area contributed by atoms with E-state index >= 15 is 0 Å². The molecule has 0 aromatic heterocycles. The first-order valence-corrected chi connectivity index (χ1v) is 7.37. The number of phenols is 2. The predicted molar refractivity (Wildman–Crippen MR) is 78.0 cm³/mol. The molecule has 1 aromatic rings. The van der Waals surface area contributed by atoms with Gasteiger partial charge in [-0.25, -0.2) is 0 Å². The summed E-state index contributed by atoms with van der Waals surface area (Å²) in [5.41, 5.74) is 0.932. The van der Waals surface area contributed by atoms with E-state index in [9.17, 15) is 10.2 Å². The number of hydrogen-bond acceptors (Lipinski definition) is 3. The normalized spacial score (nSPS) is 10.6. The average Bonchev–Trinajstić information content (AvgIpc) is 2.42. The van der Waals surface area contributed by atoms with Gasteiger partial charge >= 0.3 is 0 Å². The fraction of sp³-hybridized carbons (Fsp3) is 0.625. The Morgan fingerprint density at radius 2 is 1.63 bits per heavy atom. The monoisotopic (exact) mass is 266 g/mol. The van der Waals surface area contributed by atoms with Crippen LogP contribution in [0.5, 0.6) is 17.2 Å². The second-order valence-corrected chi connectivity index (χ2v) is 4.89. The molecule has 0 fully saturated rings. The Labute approximate surface area is 116 Å². The number of benzene rings is 1. The molecular formula is C16H26O3. The lowest BCUT2D eigenvalue weighted by Crippen LogP contribution is -2.00. The van der Waals surface area contributed by atoms with E-state index in [1.54, 1.807) is 6.07 Å². The zero-order chi connectivity index (χ0) is 14.1. The zero-order valence-corrected chi connectivity index (χ0v) is 12.1. The highest BCUT2D eigenvalue weighted by Gasteiger charge is 2.12. The highest BCUT2D eigenvalue weighted by molar-refractivity contribution is 5.54.